The van der Waals surface area contributed by atoms with Gasteiger partial charge in [-0.25, -0.2) is 9.97 Å². The zero-order chi connectivity index (χ0) is 24.6. The van der Waals surface area contributed by atoms with E-state index in [0.717, 1.165) is 44.6 Å². The van der Waals surface area contributed by atoms with E-state index < -0.39 is 0 Å². The van der Waals surface area contributed by atoms with Crippen LogP contribution in [0.4, 0.5) is 5.69 Å². The summed E-state index contributed by atoms with van der Waals surface area (Å²) in [6.45, 7) is 0.292. The number of hydrogen-bond donors (Lipinski definition) is 3. The molecule has 9 nitrogen and oxygen atoms in total. The minimum Gasteiger partial charge on any atom is -0.338 e. The molecule has 0 unspecified atom stereocenters. The van der Waals surface area contributed by atoms with E-state index in [9.17, 15) is 4.79 Å². The van der Waals surface area contributed by atoms with E-state index in [0.29, 0.717) is 17.9 Å². The second kappa shape index (κ2) is 8.99. The highest BCUT2D eigenvalue weighted by Crippen LogP contribution is 2.35. The Morgan fingerprint density at radius 1 is 1.14 bits per heavy atom. The van der Waals surface area contributed by atoms with E-state index in [4.69, 9.17) is 4.98 Å². The van der Waals surface area contributed by atoms with Gasteiger partial charge in [-0.2, -0.15) is 5.10 Å². The van der Waals surface area contributed by atoms with Gasteiger partial charge < -0.3 is 15.2 Å². The Balaban J connectivity index is 1.38. The molecule has 0 aromatic carbocycles. The molecule has 0 radical (unpaired) electrons. The topological polar surface area (TPSA) is 115 Å². The summed E-state index contributed by atoms with van der Waals surface area (Å²) >= 11 is 1.70. The molecule has 0 bridgehead atoms. The molecule has 0 fully saturated rings. The van der Waals surface area contributed by atoms with Crippen LogP contribution in [0, 0.1) is 0 Å². The van der Waals surface area contributed by atoms with Crippen LogP contribution >= 0.6 is 11.3 Å². The predicted octanol–water partition coefficient (Wildman–Crippen LogP) is 4.79. The van der Waals surface area contributed by atoms with E-state index in [2.05, 4.69) is 48.0 Å². The van der Waals surface area contributed by atoms with Crippen LogP contribution in [0.15, 0.2) is 66.4 Å². The van der Waals surface area contributed by atoms with Gasteiger partial charge in [-0.1, -0.05) is 6.07 Å². The first-order chi connectivity index (χ1) is 17.5. The average molecular weight is 495 g/mol. The monoisotopic (exact) mass is 494 g/mol. The van der Waals surface area contributed by atoms with Crippen molar-refractivity contribution in [3.8, 4) is 33.1 Å². The number of likely N-dealkylation sites (N-methyl/N-ethyl adjacent to an activating group) is 1. The fraction of sp³-hybridized carbons (Fsp3) is 0.115. The summed E-state index contributed by atoms with van der Waals surface area (Å²) in [7, 11) is 3.70. The summed E-state index contributed by atoms with van der Waals surface area (Å²) in [5, 5.41) is 13.6. The Morgan fingerprint density at radius 3 is 2.89 bits per heavy atom. The fourth-order valence-corrected chi connectivity index (χ4v) is 4.95. The normalized spacial score (nSPS) is 11.5. The van der Waals surface area contributed by atoms with Gasteiger partial charge in [0.05, 0.1) is 35.3 Å². The quantitative estimate of drug-likeness (QED) is 0.307. The molecule has 0 spiro atoms. The van der Waals surface area contributed by atoms with Crippen LogP contribution in [0.2, 0.25) is 0 Å². The lowest BCUT2D eigenvalue weighted by Gasteiger charge is -2.10. The van der Waals surface area contributed by atoms with Gasteiger partial charge in [0.2, 0.25) is 5.91 Å². The molecule has 10 heteroatoms. The number of anilines is 1. The first kappa shape index (κ1) is 22.1. The number of fused-ring (bicyclic) bond motifs is 2. The van der Waals surface area contributed by atoms with Crippen molar-refractivity contribution < 1.29 is 4.79 Å². The largest absolute Gasteiger partial charge is 0.338 e. The van der Waals surface area contributed by atoms with Crippen LogP contribution in [0.5, 0.6) is 0 Å². The summed E-state index contributed by atoms with van der Waals surface area (Å²) < 4.78 is 0. The highest BCUT2D eigenvalue weighted by atomic mass is 32.1. The lowest BCUT2D eigenvalue weighted by atomic mass is 10.1. The number of aromatic amines is 2. The summed E-state index contributed by atoms with van der Waals surface area (Å²) in [6.07, 6.45) is 5.17. The summed E-state index contributed by atoms with van der Waals surface area (Å²) in [4.78, 5) is 32.3. The smallest absolute Gasteiger partial charge is 0.238 e. The summed E-state index contributed by atoms with van der Waals surface area (Å²) in [5.41, 5.74) is 7.18. The van der Waals surface area contributed by atoms with Crippen molar-refractivity contribution in [3.63, 3.8) is 0 Å². The van der Waals surface area contributed by atoms with Crippen molar-refractivity contribution in [2.45, 2.75) is 0 Å². The third kappa shape index (κ3) is 4.12. The van der Waals surface area contributed by atoms with E-state index in [-0.39, 0.29) is 5.91 Å². The Kier molecular flexibility index (Phi) is 5.51. The van der Waals surface area contributed by atoms with Crippen LogP contribution in [-0.4, -0.2) is 61.6 Å². The molecule has 0 saturated carbocycles. The highest BCUT2D eigenvalue weighted by molar-refractivity contribution is 7.13. The molecule has 1 amide bonds. The van der Waals surface area contributed by atoms with Crippen LogP contribution in [-0.2, 0) is 4.79 Å². The third-order valence-electron chi connectivity index (χ3n) is 5.76. The third-order valence-corrected chi connectivity index (χ3v) is 6.66. The van der Waals surface area contributed by atoms with Crippen molar-refractivity contribution in [2.75, 3.05) is 26.0 Å². The highest BCUT2D eigenvalue weighted by Gasteiger charge is 2.16. The number of nitrogens with zero attached hydrogens (tertiary/aromatic N) is 5. The number of hydrogen-bond acceptors (Lipinski definition) is 7. The minimum absolute atomic E-state index is 0.103. The number of rotatable bonds is 6. The first-order valence-electron chi connectivity index (χ1n) is 11.3. The zero-order valence-corrected chi connectivity index (χ0v) is 20.4. The number of thiophene rings is 1. The lowest BCUT2D eigenvalue weighted by Crippen LogP contribution is -2.27. The van der Waals surface area contributed by atoms with E-state index in [1.54, 1.807) is 23.7 Å². The van der Waals surface area contributed by atoms with Gasteiger partial charge in [0, 0.05) is 33.8 Å². The van der Waals surface area contributed by atoms with Crippen molar-refractivity contribution in [1.82, 2.24) is 35.0 Å². The number of H-pyrrole nitrogens is 2. The molecule has 36 heavy (non-hydrogen) atoms. The molecule has 6 aromatic rings. The number of amides is 1. The van der Waals surface area contributed by atoms with E-state index in [1.807, 2.05) is 55.5 Å². The lowest BCUT2D eigenvalue weighted by molar-refractivity contribution is -0.116. The molecular weight excluding hydrogens is 472 g/mol. The van der Waals surface area contributed by atoms with Crippen LogP contribution in [0.1, 0.15) is 0 Å². The SMILES string of the molecule is CN(C)CC(=O)Nc1cncc(-c2ccc3[nH]nc(-c4cc5c(-c6cccs6)ccnc5[nH]4)c3n2)c1. The van der Waals surface area contributed by atoms with Gasteiger partial charge in [-0.3, -0.25) is 14.9 Å². The van der Waals surface area contributed by atoms with Gasteiger partial charge in [0.1, 0.15) is 16.9 Å². The number of aromatic nitrogens is 6. The standard InChI is InChI=1S/C26H22N8OS/c1-34(2)14-23(35)29-16-10-15(12-27-13-16)19-5-6-20-24(30-19)25(33-32-20)21-11-18-17(22-4-3-9-36-22)7-8-28-26(18)31-21/h3-13H,14H2,1-2H3,(H,28,31)(H,29,35)(H,32,33). The maximum atomic E-state index is 12.2. The van der Waals surface area contributed by atoms with Crippen LogP contribution in [0.25, 0.3) is 55.2 Å². The predicted molar refractivity (Wildman–Crippen MR) is 143 cm³/mol. The van der Waals surface area contributed by atoms with Gasteiger partial charge in [-0.15, -0.1) is 11.3 Å². The molecule has 0 aliphatic carbocycles. The fourth-order valence-electron chi connectivity index (χ4n) is 4.18. The number of pyridine rings is 3. The maximum absolute atomic E-state index is 12.2. The van der Waals surface area contributed by atoms with Crippen molar-refractivity contribution >= 4 is 45.0 Å². The molecular formula is C26H22N8OS. The van der Waals surface area contributed by atoms with Crippen LogP contribution in [0.3, 0.4) is 0 Å². The molecule has 3 N–H and O–H groups in total. The zero-order valence-electron chi connectivity index (χ0n) is 19.6. The number of nitrogens with one attached hydrogen (secondary N) is 3. The van der Waals surface area contributed by atoms with Crippen molar-refractivity contribution in [3.05, 3.63) is 66.4 Å². The molecule has 178 valence electrons. The van der Waals surface area contributed by atoms with Gasteiger partial charge in [0.15, 0.2) is 0 Å². The second-order valence-corrected chi connectivity index (χ2v) is 9.64. The molecule has 0 aliphatic heterocycles. The number of carbonyl (C=O) groups excluding carboxylic acids is 1. The van der Waals surface area contributed by atoms with Gasteiger partial charge in [-0.05, 0) is 55.9 Å². The van der Waals surface area contributed by atoms with Crippen molar-refractivity contribution in [1.29, 1.82) is 0 Å². The molecule has 0 atom stereocenters. The number of carbonyl (C=O) groups is 1. The van der Waals surface area contributed by atoms with E-state index in [1.165, 1.54) is 4.88 Å². The minimum atomic E-state index is -0.103. The molecule has 6 aromatic heterocycles. The molecule has 0 aliphatic rings. The van der Waals surface area contributed by atoms with Gasteiger partial charge in [0.25, 0.3) is 0 Å². The Hall–Kier alpha value is -4.41. The second-order valence-electron chi connectivity index (χ2n) is 8.69. The first-order valence-corrected chi connectivity index (χ1v) is 12.2. The molecule has 6 heterocycles. The molecule has 0 saturated heterocycles. The van der Waals surface area contributed by atoms with Crippen LogP contribution < -0.4 is 5.32 Å². The Labute approximate surface area is 210 Å². The summed E-state index contributed by atoms with van der Waals surface area (Å²) in [5.74, 6) is -0.103. The van der Waals surface area contributed by atoms with Gasteiger partial charge >= 0.3 is 0 Å². The maximum Gasteiger partial charge on any atom is 0.238 e. The summed E-state index contributed by atoms with van der Waals surface area (Å²) in [6, 6.07) is 14.0. The molecule has 6 rings (SSSR count). The van der Waals surface area contributed by atoms with Crippen molar-refractivity contribution in [2.24, 2.45) is 0 Å². The van der Waals surface area contributed by atoms with E-state index >= 15 is 0 Å². The Morgan fingerprint density at radius 2 is 2.06 bits per heavy atom. The average Bonchev–Trinajstić information content (AvgIpc) is 3.62. The Bertz CT molecular complexity index is 1700.